The Morgan fingerprint density at radius 3 is 2.25 bits per heavy atom. The number of hydrogen-bond donors (Lipinski definition) is 1. The molecule has 0 bridgehead atoms. The average Bonchev–Trinajstić information content (AvgIpc) is 3.23. The van der Waals surface area contributed by atoms with Gasteiger partial charge in [-0.05, 0) is 31.2 Å². The van der Waals surface area contributed by atoms with Gasteiger partial charge in [-0.25, -0.2) is 13.2 Å². The predicted octanol–water partition coefficient (Wildman–Crippen LogP) is 2.08. The number of ether oxygens (including phenoxy) is 1. The highest BCUT2D eigenvalue weighted by Crippen LogP contribution is 2.23. The number of carbonyl (C=O) groups is 2. The lowest BCUT2D eigenvalue weighted by molar-refractivity contribution is 0.0933. The first-order valence-electron chi connectivity index (χ1n) is 10.2. The van der Waals surface area contributed by atoms with Crippen molar-refractivity contribution in [1.29, 1.82) is 0 Å². The van der Waals surface area contributed by atoms with Crippen LogP contribution in [0.2, 0.25) is 0 Å². The topological polar surface area (TPSA) is 135 Å². The Hall–Kier alpha value is -2.99. The maximum Gasteiger partial charge on any atom is 0.409 e. The maximum atomic E-state index is 12.9. The van der Waals surface area contributed by atoms with Crippen LogP contribution in [0.5, 0.6) is 0 Å². The first-order chi connectivity index (χ1) is 15.0. The Bertz CT molecular complexity index is 1070. The van der Waals surface area contributed by atoms with E-state index in [2.05, 4.69) is 15.5 Å². The number of benzene rings is 1. The Morgan fingerprint density at radius 1 is 1.09 bits per heavy atom. The number of amides is 2. The molecular weight excluding hydrogens is 438 g/mol. The van der Waals surface area contributed by atoms with E-state index in [9.17, 15) is 18.0 Å². The van der Waals surface area contributed by atoms with Crippen molar-refractivity contribution in [3.63, 3.8) is 0 Å². The van der Waals surface area contributed by atoms with E-state index in [1.807, 2.05) is 20.8 Å². The van der Waals surface area contributed by atoms with Crippen LogP contribution >= 0.6 is 0 Å². The van der Waals surface area contributed by atoms with Crippen molar-refractivity contribution in [3.05, 3.63) is 35.7 Å². The summed E-state index contributed by atoms with van der Waals surface area (Å²) < 4.78 is 37.5. The van der Waals surface area contributed by atoms with Crippen LogP contribution in [0, 0.1) is 0 Å². The van der Waals surface area contributed by atoms with Gasteiger partial charge >= 0.3 is 12.1 Å². The Labute approximate surface area is 186 Å². The summed E-state index contributed by atoms with van der Waals surface area (Å²) in [7, 11) is -3.76. The zero-order chi connectivity index (χ0) is 23.5. The summed E-state index contributed by atoms with van der Waals surface area (Å²) in [5.74, 6) is -0.113. The molecule has 32 heavy (non-hydrogen) atoms. The molecule has 2 amide bonds. The lowest BCUT2D eigenvalue weighted by Crippen LogP contribution is -2.50. The summed E-state index contributed by atoms with van der Waals surface area (Å²) in [6.45, 7) is 8.52. The van der Waals surface area contributed by atoms with E-state index in [0.29, 0.717) is 5.89 Å². The molecule has 0 aliphatic carbocycles. The predicted molar refractivity (Wildman–Crippen MR) is 115 cm³/mol. The zero-order valence-electron chi connectivity index (χ0n) is 18.5. The lowest BCUT2D eigenvalue weighted by Gasteiger charge is -2.33. The minimum absolute atomic E-state index is 0.0314. The van der Waals surface area contributed by atoms with Gasteiger partial charge in [-0.15, -0.1) is 5.10 Å². The van der Waals surface area contributed by atoms with Crippen LogP contribution in [-0.4, -0.2) is 72.6 Å². The van der Waals surface area contributed by atoms with Crippen LogP contribution in [0.3, 0.4) is 0 Å². The molecule has 0 atom stereocenters. The lowest BCUT2D eigenvalue weighted by atomic mass is 9.97. The molecule has 2 aromatic rings. The van der Waals surface area contributed by atoms with Crippen LogP contribution in [0.1, 0.15) is 43.9 Å². The van der Waals surface area contributed by atoms with Crippen LogP contribution in [-0.2, 0) is 20.2 Å². The van der Waals surface area contributed by atoms with Gasteiger partial charge in [-0.2, -0.15) is 4.31 Å². The van der Waals surface area contributed by atoms with Gasteiger partial charge in [-0.1, -0.05) is 25.9 Å². The van der Waals surface area contributed by atoms with E-state index in [1.54, 1.807) is 6.92 Å². The molecule has 1 aromatic carbocycles. The molecule has 174 valence electrons. The van der Waals surface area contributed by atoms with E-state index >= 15 is 0 Å². The SMILES string of the molecule is CCOC(=O)N1CCN(S(=O)(=O)c2ccc(C(=O)Nc3nnc(C(C)(C)C)o3)cc2)CC1. The Morgan fingerprint density at radius 2 is 1.72 bits per heavy atom. The molecule has 12 heteroatoms. The standard InChI is InChI=1S/C20H27N5O6S/c1-5-30-19(27)24-10-12-25(13-11-24)32(28,29)15-8-6-14(7-9-15)16(26)21-18-23-22-17(31-18)20(2,3)4/h6-9H,5,10-13H2,1-4H3,(H,21,23,26). The first-order valence-corrected chi connectivity index (χ1v) is 11.6. The van der Waals surface area contributed by atoms with E-state index in [-0.39, 0.29) is 54.7 Å². The van der Waals surface area contributed by atoms with Gasteiger partial charge in [0, 0.05) is 37.2 Å². The molecule has 2 heterocycles. The van der Waals surface area contributed by atoms with Crippen molar-refractivity contribution < 1.29 is 27.2 Å². The molecule has 1 aliphatic rings. The third-order valence-electron chi connectivity index (χ3n) is 4.81. The number of anilines is 1. The van der Waals surface area contributed by atoms with E-state index < -0.39 is 22.0 Å². The van der Waals surface area contributed by atoms with Crippen molar-refractivity contribution >= 4 is 28.0 Å². The summed E-state index contributed by atoms with van der Waals surface area (Å²) in [6, 6.07) is 5.54. The highest BCUT2D eigenvalue weighted by molar-refractivity contribution is 7.89. The molecule has 1 N–H and O–H groups in total. The van der Waals surface area contributed by atoms with E-state index in [4.69, 9.17) is 9.15 Å². The second kappa shape index (κ2) is 9.25. The van der Waals surface area contributed by atoms with Crippen molar-refractivity contribution in [1.82, 2.24) is 19.4 Å². The molecule has 1 fully saturated rings. The van der Waals surface area contributed by atoms with Gasteiger partial charge in [0.05, 0.1) is 11.5 Å². The molecule has 11 nitrogen and oxygen atoms in total. The van der Waals surface area contributed by atoms with Crippen LogP contribution in [0.15, 0.2) is 33.6 Å². The first kappa shape index (κ1) is 23.7. The number of aromatic nitrogens is 2. The van der Waals surface area contributed by atoms with Crippen molar-refractivity contribution in [2.75, 3.05) is 38.1 Å². The van der Waals surface area contributed by atoms with Crippen molar-refractivity contribution in [2.45, 2.75) is 38.0 Å². The van der Waals surface area contributed by atoms with Crippen molar-refractivity contribution in [2.24, 2.45) is 0 Å². The number of sulfonamides is 1. The third kappa shape index (κ3) is 5.25. The number of rotatable bonds is 5. The number of piperazine rings is 1. The quantitative estimate of drug-likeness (QED) is 0.709. The highest BCUT2D eigenvalue weighted by Gasteiger charge is 2.30. The fourth-order valence-corrected chi connectivity index (χ4v) is 4.42. The minimum Gasteiger partial charge on any atom is -0.450 e. The van der Waals surface area contributed by atoms with Gasteiger partial charge in [0.25, 0.3) is 5.91 Å². The Kier molecular flexibility index (Phi) is 6.84. The molecule has 1 aromatic heterocycles. The Balaban J connectivity index is 1.64. The molecule has 0 saturated carbocycles. The number of carbonyl (C=O) groups excluding carboxylic acids is 2. The highest BCUT2D eigenvalue weighted by atomic mass is 32.2. The minimum atomic E-state index is -3.76. The number of hydrogen-bond acceptors (Lipinski definition) is 8. The van der Waals surface area contributed by atoms with E-state index in [1.165, 1.54) is 33.5 Å². The van der Waals surface area contributed by atoms with E-state index in [0.717, 1.165) is 0 Å². The van der Waals surface area contributed by atoms with Gasteiger partial charge in [0.2, 0.25) is 15.9 Å². The molecular formula is C20H27N5O6S. The normalized spacial score (nSPS) is 15.4. The average molecular weight is 466 g/mol. The van der Waals surface area contributed by atoms with Gasteiger partial charge in [0.15, 0.2) is 0 Å². The molecule has 0 spiro atoms. The maximum absolute atomic E-state index is 12.9. The molecule has 3 rings (SSSR count). The largest absolute Gasteiger partial charge is 0.450 e. The van der Waals surface area contributed by atoms with Crippen LogP contribution in [0.25, 0.3) is 0 Å². The second-order valence-electron chi connectivity index (χ2n) is 8.23. The summed E-state index contributed by atoms with van der Waals surface area (Å²) in [5.41, 5.74) is -0.111. The van der Waals surface area contributed by atoms with Gasteiger partial charge < -0.3 is 14.1 Å². The summed E-state index contributed by atoms with van der Waals surface area (Å²) in [6.07, 6.45) is -0.448. The monoisotopic (exact) mass is 465 g/mol. The second-order valence-corrected chi connectivity index (χ2v) is 10.2. The van der Waals surface area contributed by atoms with Gasteiger partial charge in [-0.3, -0.25) is 10.1 Å². The summed E-state index contributed by atoms with van der Waals surface area (Å²) in [4.78, 5) is 25.8. The molecule has 0 unspecified atom stereocenters. The van der Waals surface area contributed by atoms with Crippen molar-refractivity contribution in [3.8, 4) is 0 Å². The van der Waals surface area contributed by atoms with Crippen LogP contribution < -0.4 is 5.32 Å². The summed E-state index contributed by atoms with van der Waals surface area (Å²) >= 11 is 0. The molecule has 0 radical (unpaired) electrons. The fourth-order valence-electron chi connectivity index (χ4n) is 3.00. The third-order valence-corrected chi connectivity index (χ3v) is 6.72. The van der Waals surface area contributed by atoms with Gasteiger partial charge in [0.1, 0.15) is 0 Å². The number of nitrogens with zero attached hydrogens (tertiary/aromatic N) is 4. The van der Waals surface area contributed by atoms with Crippen LogP contribution in [0.4, 0.5) is 10.8 Å². The fraction of sp³-hybridized carbons (Fsp3) is 0.500. The number of nitrogens with one attached hydrogen (secondary N) is 1. The zero-order valence-corrected chi connectivity index (χ0v) is 19.3. The molecule has 1 saturated heterocycles. The molecule has 1 aliphatic heterocycles. The smallest absolute Gasteiger partial charge is 0.409 e. The summed E-state index contributed by atoms with van der Waals surface area (Å²) in [5, 5.41) is 10.2.